The van der Waals surface area contributed by atoms with Crippen LogP contribution in [0.25, 0.3) is 21.8 Å². The van der Waals surface area contributed by atoms with Crippen LogP contribution in [0.2, 0.25) is 0 Å². The van der Waals surface area contributed by atoms with Crippen molar-refractivity contribution in [1.29, 1.82) is 0 Å². The molecule has 0 radical (unpaired) electrons. The average Bonchev–Trinajstić information content (AvgIpc) is 2.62. The minimum Gasteiger partial charge on any atom is -0.350 e. The molecule has 0 unspecified atom stereocenters. The van der Waals surface area contributed by atoms with Crippen molar-refractivity contribution in [3.63, 3.8) is 0 Å². The minimum absolute atomic E-state index is 1.01. The van der Waals surface area contributed by atoms with Crippen LogP contribution < -0.4 is 0 Å². The van der Waals surface area contributed by atoms with Crippen molar-refractivity contribution in [2.75, 3.05) is 0 Å². The third kappa shape index (κ3) is 1.24. The van der Waals surface area contributed by atoms with Gasteiger partial charge in [0.25, 0.3) is 0 Å². The largest absolute Gasteiger partial charge is 0.350 e. The Morgan fingerprint density at radius 1 is 1.33 bits per heavy atom. The number of aromatic nitrogens is 3. The molecule has 0 spiro atoms. The van der Waals surface area contributed by atoms with E-state index in [1.165, 1.54) is 14.5 Å². The molecule has 15 heavy (non-hydrogen) atoms. The third-order valence-electron chi connectivity index (χ3n) is 2.60. The lowest BCUT2D eigenvalue weighted by Gasteiger charge is -2.03. The van der Waals surface area contributed by atoms with Crippen LogP contribution in [0.5, 0.6) is 0 Å². The number of hydrogen-bond acceptors (Lipinski definition) is 2. The molecule has 0 saturated heterocycles. The van der Waals surface area contributed by atoms with Gasteiger partial charge in [-0.3, -0.25) is 0 Å². The zero-order valence-corrected chi connectivity index (χ0v) is 10.3. The van der Waals surface area contributed by atoms with Gasteiger partial charge in [-0.2, -0.15) is 0 Å². The van der Waals surface area contributed by atoms with E-state index in [2.05, 4.69) is 62.5 Å². The van der Waals surface area contributed by atoms with Gasteiger partial charge in [0, 0.05) is 33.8 Å². The first-order chi connectivity index (χ1) is 7.27. The quantitative estimate of drug-likeness (QED) is 0.598. The first kappa shape index (κ1) is 9.08. The van der Waals surface area contributed by atoms with Gasteiger partial charge in [0.15, 0.2) is 0 Å². The van der Waals surface area contributed by atoms with E-state index in [4.69, 9.17) is 0 Å². The van der Waals surface area contributed by atoms with Gasteiger partial charge in [0.1, 0.15) is 6.33 Å². The molecule has 3 nitrogen and oxygen atoms in total. The van der Waals surface area contributed by atoms with Crippen molar-refractivity contribution in [3.8, 4) is 0 Å². The Balaban J connectivity index is 2.65. The summed E-state index contributed by atoms with van der Waals surface area (Å²) in [5, 5.41) is 2.34. The third-order valence-corrected chi connectivity index (χ3v) is 3.42. The number of fused-ring (bicyclic) bond motifs is 3. The van der Waals surface area contributed by atoms with Crippen LogP contribution in [-0.2, 0) is 7.05 Å². The van der Waals surface area contributed by atoms with E-state index in [-0.39, 0.29) is 0 Å². The molecule has 2 heterocycles. The molecule has 3 rings (SSSR count). The normalized spacial score (nSPS) is 11.3. The first-order valence-corrected chi connectivity index (χ1v) is 5.68. The lowest BCUT2D eigenvalue weighted by atomic mass is 10.1. The van der Waals surface area contributed by atoms with Gasteiger partial charge < -0.3 is 4.57 Å². The molecule has 0 fully saturated rings. The average molecular weight is 309 g/mol. The lowest BCUT2D eigenvalue weighted by molar-refractivity contribution is 0.967. The molecule has 0 saturated carbocycles. The highest BCUT2D eigenvalue weighted by atomic mass is 127. The Morgan fingerprint density at radius 2 is 2.20 bits per heavy atom. The Morgan fingerprint density at radius 3 is 3.07 bits per heavy atom. The maximum absolute atomic E-state index is 4.28. The number of rotatable bonds is 0. The summed E-state index contributed by atoms with van der Waals surface area (Å²) >= 11 is 2.35. The van der Waals surface area contributed by atoms with E-state index >= 15 is 0 Å². The van der Waals surface area contributed by atoms with Gasteiger partial charge in [-0.1, -0.05) is 0 Å². The van der Waals surface area contributed by atoms with Crippen LogP contribution >= 0.6 is 22.6 Å². The van der Waals surface area contributed by atoms with E-state index < -0.39 is 0 Å². The van der Waals surface area contributed by atoms with Crippen molar-refractivity contribution >= 4 is 44.4 Å². The SMILES string of the molecule is Cn1ccc2c3cncnc3cc(I)c21. The lowest BCUT2D eigenvalue weighted by Crippen LogP contribution is -1.89. The van der Waals surface area contributed by atoms with Crippen molar-refractivity contribution in [2.24, 2.45) is 7.05 Å². The highest BCUT2D eigenvalue weighted by molar-refractivity contribution is 14.1. The number of hydrogen-bond donors (Lipinski definition) is 0. The maximum atomic E-state index is 4.28. The molecule has 74 valence electrons. The van der Waals surface area contributed by atoms with Crippen LogP contribution in [-0.4, -0.2) is 14.5 Å². The van der Waals surface area contributed by atoms with E-state index in [1.807, 2.05) is 6.20 Å². The van der Waals surface area contributed by atoms with Crippen LogP contribution in [0.1, 0.15) is 0 Å². The molecular weight excluding hydrogens is 301 g/mol. The van der Waals surface area contributed by atoms with Gasteiger partial charge in [0.05, 0.1) is 11.0 Å². The van der Waals surface area contributed by atoms with Gasteiger partial charge in [-0.05, 0) is 34.7 Å². The number of benzene rings is 1. The Labute approximate surface area is 100 Å². The summed E-state index contributed by atoms with van der Waals surface area (Å²) in [5.41, 5.74) is 2.26. The Hall–Kier alpha value is -1.17. The molecule has 3 aromatic rings. The second-order valence-electron chi connectivity index (χ2n) is 3.50. The van der Waals surface area contributed by atoms with E-state index in [0.717, 1.165) is 10.9 Å². The fourth-order valence-electron chi connectivity index (χ4n) is 1.89. The van der Waals surface area contributed by atoms with Gasteiger partial charge >= 0.3 is 0 Å². The second kappa shape index (κ2) is 3.16. The second-order valence-corrected chi connectivity index (χ2v) is 4.67. The van der Waals surface area contributed by atoms with Crippen molar-refractivity contribution in [3.05, 3.63) is 34.4 Å². The topological polar surface area (TPSA) is 30.7 Å². The molecule has 0 amide bonds. The van der Waals surface area contributed by atoms with Crippen LogP contribution in [0.15, 0.2) is 30.9 Å². The summed E-state index contributed by atoms with van der Waals surface area (Å²) in [5.74, 6) is 0. The van der Waals surface area contributed by atoms with Gasteiger partial charge in [0.2, 0.25) is 0 Å². The predicted molar refractivity (Wildman–Crippen MR) is 68.7 cm³/mol. The van der Waals surface area contributed by atoms with Crippen LogP contribution in [0, 0.1) is 3.57 Å². The molecule has 0 aliphatic rings. The molecule has 0 atom stereocenters. The molecule has 0 N–H and O–H groups in total. The monoisotopic (exact) mass is 309 g/mol. The summed E-state index contributed by atoms with van der Waals surface area (Å²) in [4.78, 5) is 8.36. The fourth-order valence-corrected chi connectivity index (χ4v) is 2.86. The zero-order valence-electron chi connectivity index (χ0n) is 8.11. The fraction of sp³-hybridized carbons (Fsp3) is 0.0909. The number of nitrogens with zero attached hydrogens (tertiary/aromatic N) is 3. The van der Waals surface area contributed by atoms with Gasteiger partial charge in [-0.25, -0.2) is 9.97 Å². The summed E-state index contributed by atoms with van der Waals surface area (Å²) in [6.45, 7) is 0. The Bertz CT molecular complexity index is 657. The Kier molecular flexibility index (Phi) is 1.92. The summed E-state index contributed by atoms with van der Waals surface area (Å²) in [7, 11) is 2.06. The zero-order chi connectivity index (χ0) is 10.4. The van der Waals surface area contributed by atoms with E-state index in [9.17, 15) is 0 Å². The molecule has 0 aliphatic heterocycles. The number of aryl methyl sites for hydroxylation is 1. The highest BCUT2D eigenvalue weighted by Gasteiger charge is 2.08. The standard InChI is InChI=1S/C11H8IN3/c1-15-3-2-7-8-5-13-6-14-10(8)4-9(12)11(7)15/h2-6H,1H3. The molecule has 0 aliphatic carbocycles. The maximum Gasteiger partial charge on any atom is 0.116 e. The number of halogens is 1. The van der Waals surface area contributed by atoms with Crippen molar-refractivity contribution < 1.29 is 0 Å². The summed E-state index contributed by atoms with van der Waals surface area (Å²) in [6, 6.07) is 4.21. The van der Waals surface area contributed by atoms with E-state index in [0.29, 0.717) is 0 Å². The van der Waals surface area contributed by atoms with Crippen molar-refractivity contribution in [2.45, 2.75) is 0 Å². The summed E-state index contributed by atoms with van der Waals surface area (Å²) < 4.78 is 3.35. The molecule has 2 aromatic heterocycles. The van der Waals surface area contributed by atoms with Crippen LogP contribution in [0.3, 0.4) is 0 Å². The van der Waals surface area contributed by atoms with Gasteiger partial charge in [-0.15, -0.1) is 0 Å². The highest BCUT2D eigenvalue weighted by Crippen LogP contribution is 2.28. The predicted octanol–water partition coefficient (Wildman–Crippen LogP) is 2.73. The minimum atomic E-state index is 1.01. The first-order valence-electron chi connectivity index (χ1n) is 4.60. The molecular formula is C11H8IN3. The molecule has 1 aromatic carbocycles. The van der Waals surface area contributed by atoms with Crippen molar-refractivity contribution in [1.82, 2.24) is 14.5 Å². The summed E-state index contributed by atoms with van der Waals surface area (Å²) in [6.07, 6.45) is 5.53. The molecule has 4 heteroatoms. The molecule has 0 bridgehead atoms. The van der Waals surface area contributed by atoms with E-state index in [1.54, 1.807) is 6.33 Å². The smallest absolute Gasteiger partial charge is 0.116 e. The van der Waals surface area contributed by atoms with Crippen LogP contribution in [0.4, 0.5) is 0 Å².